The summed E-state index contributed by atoms with van der Waals surface area (Å²) in [4.78, 5) is 35.3. The summed E-state index contributed by atoms with van der Waals surface area (Å²) in [6.45, 7) is 0. The van der Waals surface area contributed by atoms with Crippen LogP contribution in [0.15, 0.2) is 41.5 Å². The topological polar surface area (TPSA) is 91.7 Å². The summed E-state index contributed by atoms with van der Waals surface area (Å²) < 4.78 is 0. The molecule has 0 saturated heterocycles. The summed E-state index contributed by atoms with van der Waals surface area (Å²) in [7, 11) is 0. The van der Waals surface area contributed by atoms with Gasteiger partial charge in [-0.25, -0.2) is 4.79 Å². The normalized spacial score (nSPS) is 16.0. The van der Waals surface area contributed by atoms with Crippen molar-refractivity contribution in [3.05, 3.63) is 47.0 Å². The maximum atomic E-state index is 12.5. The number of allylic oxidation sites excluding steroid dienone is 1. The minimum absolute atomic E-state index is 0.00914. The molecule has 1 aromatic carbocycles. The van der Waals surface area contributed by atoms with Crippen molar-refractivity contribution < 1.29 is 24.6 Å². The second kappa shape index (κ2) is 9.90. The molecule has 0 unspecified atom stereocenters. The molecule has 1 saturated carbocycles. The van der Waals surface area contributed by atoms with Crippen LogP contribution in [0.25, 0.3) is 0 Å². The van der Waals surface area contributed by atoms with E-state index in [1.165, 1.54) is 0 Å². The number of rotatable bonds is 9. The van der Waals surface area contributed by atoms with Crippen LogP contribution >= 0.6 is 0 Å². The van der Waals surface area contributed by atoms with Crippen molar-refractivity contribution in [3.63, 3.8) is 0 Å². The van der Waals surface area contributed by atoms with E-state index < -0.39 is 18.4 Å². The van der Waals surface area contributed by atoms with Crippen LogP contribution in [0.1, 0.15) is 56.9 Å². The van der Waals surface area contributed by atoms with Crippen LogP contribution in [0, 0.1) is 5.92 Å². The van der Waals surface area contributed by atoms with Crippen molar-refractivity contribution in [2.24, 2.45) is 5.92 Å². The van der Waals surface area contributed by atoms with Crippen molar-refractivity contribution in [1.82, 2.24) is 0 Å². The quantitative estimate of drug-likeness (QED) is 0.651. The number of aryl methyl sites for hydroxylation is 1. The van der Waals surface area contributed by atoms with Gasteiger partial charge >= 0.3 is 11.9 Å². The number of benzene rings is 1. The van der Waals surface area contributed by atoms with Gasteiger partial charge in [0.1, 0.15) is 5.78 Å². The predicted octanol–water partition coefficient (Wildman–Crippen LogP) is 4.01. The van der Waals surface area contributed by atoms with E-state index in [1.54, 1.807) is 0 Å². The van der Waals surface area contributed by atoms with Crippen molar-refractivity contribution >= 4 is 17.7 Å². The molecule has 0 amide bonds. The number of aliphatic carboxylic acids is 2. The maximum absolute atomic E-state index is 12.5. The Balaban J connectivity index is 2.15. The van der Waals surface area contributed by atoms with Crippen LogP contribution in [0.5, 0.6) is 0 Å². The largest absolute Gasteiger partial charge is 0.481 e. The molecule has 2 N–H and O–H groups in total. The van der Waals surface area contributed by atoms with Gasteiger partial charge in [0, 0.05) is 18.4 Å². The van der Waals surface area contributed by atoms with Gasteiger partial charge in [-0.15, -0.1) is 0 Å². The zero-order valence-electron chi connectivity index (χ0n) is 14.9. The minimum Gasteiger partial charge on any atom is -0.481 e. The van der Waals surface area contributed by atoms with Crippen LogP contribution in [-0.4, -0.2) is 27.9 Å². The number of hydrogen-bond donors (Lipinski definition) is 2. The number of Topliss-reactive ketones (excluding diaryl/α,β-unsaturated/α-hetero) is 1. The third kappa shape index (κ3) is 6.14. The molecule has 0 aliphatic heterocycles. The molecule has 0 heterocycles. The summed E-state index contributed by atoms with van der Waals surface area (Å²) in [5.41, 5.74) is 1.50. The molecule has 5 nitrogen and oxygen atoms in total. The Labute approximate surface area is 153 Å². The first-order valence-electron chi connectivity index (χ1n) is 9.20. The first-order valence-corrected chi connectivity index (χ1v) is 9.20. The number of carbonyl (C=O) groups excluding carboxylic acids is 1. The zero-order chi connectivity index (χ0) is 18.9. The zero-order valence-corrected chi connectivity index (χ0v) is 14.9. The fraction of sp³-hybridized carbons (Fsp3) is 0.476. The van der Waals surface area contributed by atoms with Crippen LogP contribution in [0.2, 0.25) is 0 Å². The highest BCUT2D eigenvalue weighted by Crippen LogP contribution is 2.34. The minimum atomic E-state index is -1.22. The summed E-state index contributed by atoms with van der Waals surface area (Å²) in [6, 6.07) is 9.67. The van der Waals surface area contributed by atoms with Gasteiger partial charge in [0.15, 0.2) is 0 Å². The molecule has 0 bridgehead atoms. The van der Waals surface area contributed by atoms with Crippen LogP contribution in [0.4, 0.5) is 0 Å². The Bertz CT molecular complexity index is 669. The van der Waals surface area contributed by atoms with Crippen molar-refractivity contribution in [2.75, 3.05) is 0 Å². The number of carboxylic acids is 2. The molecule has 5 heteroatoms. The fourth-order valence-electron chi connectivity index (χ4n) is 3.66. The molecule has 140 valence electrons. The van der Waals surface area contributed by atoms with Crippen molar-refractivity contribution in [2.45, 2.75) is 57.8 Å². The number of hydrogen-bond acceptors (Lipinski definition) is 3. The van der Waals surface area contributed by atoms with Crippen LogP contribution < -0.4 is 0 Å². The first-order chi connectivity index (χ1) is 12.5. The van der Waals surface area contributed by atoms with E-state index in [1.807, 2.05) is 30.3 Å². The predicted molar refractivity (Wildman–Crippen MR) is 97.9 cm³/mol. The highest BCUT2D eigenvalue weighted by atomic mass is 16.4. The lowest BCUT2D eigenvalue weighted by atomic mass is 9.79. The van der Waals surface area contributed by atoms with Crippen LogP contribution in [0.3, 0.4) is 0 Å². The first kappa shape index (κ1) is 19.9. The average Bonchev–Trinajstić information content (AvgIpc) is 2.64. The van der Waals surface area contributed by atoms with E-state index in [0.717, 1.165) is 37.7 Å². The molecule has 1 aliphatic rings. The van der Waals surface area contributed by atoms with Gasteiger partial charge in [0.05, 0.1) is 6.42 Å². The fourth-order valence-corrected chi connectivity index (χ4v) is 3.66. The average molecular weight is 358 g/mol. The number of ketones is 1. The van der Waals surface area contributed by atoms with E-state index in [0.29, 0.717) is 18.4 Å². The Morgan fingerprint density at radius 2 is 1.58 bits per heavy atom. The highest BCUT2D eigenvalue weighted by molar-refractivity contribution is 5.94. The van der Waals surface area contributed by atoms with Crippen molar-refractivity contribution in [3.8, 4) is 0 Å². The molecule has 1 fully saturated rings. The molecule has 0 aromatic heterocycles. The third-order valence-electron chi connectivity index (χ3n) is 4.99. The highest BCUT2D eigenvalue weighted by Gasteiger charge is 2.27. The molecule has 2 rings (SSSR count). The lowest BCUT2D eigenvalue weighted by Gasteiger charge is -2.26. The van der Waals surface area contributed by atoms with Crippen LogP contribution in [-0.2, 0) is 20.8 Å². The molecule has 0 spiro atoms. The van der Waals surface area contributed by atoms with E-state index in [-0.39, 0.29) is 23.7 Å². The van der Waals surface area contributed by atoms with Gasteiger partial charge in [0.25, 0.3) is 0 Å². The Kier molecular flexibility index (Phi) is 7.57. The smallest absolute Gasteiger partial charge is 0.332 e. The summed E-state index contributed by atoms with van der Waals surface area (Å²) >= 11 is 0. The van der Waals surface area contributed by atoms with E-state index in [4.69, 9.17) is 5.11 Å². The Morgan fingerprint density at radius 3 is 2.15 bits per heavy atom. The van der Waals surface area contributed by atoms with Gasteiger partial charge < -0.3 is 10.2 Å². The van der Waals surface area contributed by atoms with Gasteiger partial charge in [-0.2, -0.15) is 0 Å². The third-order valence-corrected chi connectivity index (χ3v) is 4.99. The van der Waals surface area contributed by atoms with Gasteiger partial charge in [-0.3, -0.25) is 9.59 Å². The lowest BCUT2D eigenvalue weighted by Crippen LogP contribution is -2.19. The van der Waals surface area contributed by atoms with Gasteiger partial charge in [-0.05, 0) is 36.3 Å². The van der Waals surface area contributed by atoms with E-state index in [9.17, 15) is 19.5 Å². The SMILES string of the molecule is O=C(O)CC(C(=O)O)=C(CC(=O)CCc1ccccc1)C1CCCCC1. The standard InChI is InChI=1S/C21H26O5/c22-17(12-11-15-7-3-1-4-8-15)13-18(16-9-5-2-6-10-16)19(21(25)26)14-20(23)24/h1,3-4,7-8,16H,2,5-6,9-14H2,(H,23,24)(H,25,26). The number of carbonyl (C=O) groups is 3. The molecule has 0 radical (unpaired) electrons. The van der Waals surface area contributed by atoms with E-state index in [2.05, 4.69) is 0 Å². The summed E-state index contributed by atoms with van der Waals surface area (Å²) in [6.07, 6.45) is 5.21. The van der Waals surface area contributed by atoms with Crippen molar-refractivity contribution in [1.29, 1.82) is 0 Å². The lowest BCUT2D eigenvalue weighted by molar-refractivity contribution is -0.139. The molecular formula is C21H26O5. The summed E-state index contributed by atoms with van der Waals surface area (Å²) in [5.74, 6) is -2.41. The number of carboxylic acid groups (broad SMARTS) is 2. The molecule has 1 aromatic rings. The molecule has 0 atom stereocenters. The van der Waals surface area contributed by atoms with E-state index >= 15 is 0 Å². The second-order valence-corrected chi connectivity index (χ2v) is 6.92. The molecule has 1 aliphatic carbocycles. The Morgan fingerprint density at radius 1 is 0.923 bits per heavy atom. The molecule has 26 heavy (non-hydrogen) atoms. The van der Waals surface area contributed by atoms with Gasteiger partial charge in [-0.1, -0.05) is 49.6 Å². The monoisotopic (exact) mass is 358 g/mol. The summed E-state index contributed by atoms with van der Waals surface area (Å²) in [5, 5.41) is 18.6. The Hall–Kier alpha value is -2.43. The van der Waals surface area contributed by atoms with Gasteiger partial charge in [0.2, 0.25) is 0 Å². The molecular weight excluding hydrogens is 332 g/mol. The maximum Gasteiger partial charge on any atom is 0.332 e. The second-order valence-electron chi connectivity index (χ2n) is 6.92.